The molecule has 0 bridgehead atoms. The number of hydrogen-bond acceptors (Lipinski definition) is 2. The molecule has 0 aromatic heterocycles. The van der Waals surface area contributed by atoms with E-state index in [-0.39, 0.29) is 0 Å². The minimum atomic E-state index is 0.586. The lowest BCUT2D eigenvalue weighted by molar-refractivity contribution is 0.507. The molecule has 1 unspecified atom stereocenters. The molecule has 1 aliphatic heterocycles. The smallest absolute Gasteiger partial charge is 0.0389 e. The summed E-state index contributed by atoms with van der Waals surface area (Å²) in [7, 11) is 0. The Hall–Kier alpha value is -1.02. The number of benzene rings is 1. The molecule has 2 rings (SSSR count). The second-order valence-electron chi connectivity index (χ2n) is 5.59. The van der Waals surface area contributed by atoms with Crippen molar-refractivity contribution in [3.8, 4) is 0 Å². The van der Waals surface area contributed by atoms with Crippen LogP contribution in [0.3, 0.4) is 0 Å². The van der Waals surface area contributed by atoms with Crippen molar-refractivity contribution < 1.29 is 0 Å². The van der Waals surface area contributed by atoms with Crippen molar-refractivity contribution in [3.63, 3.8) is 0 Å². The zero-order chi connectivity index (χ0) is 12.3. The number of anilines is 1. The Morgan fingerprint density at radius 2 is 2.24 bits per heavy atom. The van der Waals surface area contributed by atoms with E-state index >= 15 is 0 Å². The van der Waals surface area contributed by atoms with Gasteiger partial charge in [0, 0.05) is 18.3 Å². The highest BCUT2D eigenvalue weighted by Crippen LogP contribution is 2.25. The first-order valence-electron chi connectivity index (χ1n) is 6.72. The maximum atomic E-state index is 3.65. The topological polar surface area (TPSA) is 24.1 Å². The molecule has 2 N–H and O–H groups in total. The average molecular weight is 232 g/mol. The standard InChI is InChI=1S/C15H24N2/c1-11(2)9-16-10-14-7-6-13-5-4-12(3)8-15(13)17-14/h4-5,8,11,14,16-17H,6-7,9-10H2,1-3H3. The highest BCUT2D eigenvalue weighted by Gasteiger charge is 2.16. The number of hydrogen-bond donors (Lipinski definition) is 2. The summed E-state index contributed by atoms with van der Waals surface area (Å²) in [5.41, 5.74) is 4.15. The van der Waals surface area contributed by atoms with Crippen molar-refractivity contribution in [2.45, 2.75) is 39.7 Å². The molecule has 0 saturated heterocycles. The molecule has 1 aromatic carbocycles. The number of rotatable bonds is 4. The summed E-state index contributed by atoms with van der Waals surface area (Å²) in [5.74, 6) is 0.730. The van der Waals surface area contributed by atoms with Gasteiger partial charge in [0.25, 0.3) is 0 Å². The van der Waals surface area contributed by atoms with Crippen LogP contribution in [-0.4, -0.2) is 19.1 Å². The van der Waals surface area contributed by atoms with Gasteiger partial charge in [0.2, 0.25) is 0 Å². The van der Waals surface area contributed by atoms with Crippen LogP contribution in [0.25, 0.3) is 0 Å². The SMILES string of the molecule is Cc1ccc2c(c1)NC(CNCC(C)C)CC2. The molecule has 1 aromatic rings. The summed E-state index contributed by atoms with van der Waals surface area (Å²) >= 11 is 0. The Balaban J connectivity index is 1.89. The fraction of sp³-hybridized carbons (Fsp3) is 0.600. The fourth-order valence-electron chi connectivity index (χ4n) is 2.36. The molecule has 0 saturated carbocycles. The molecule has 17 heavy (non-hydrogen) atoms. The maximum absolute atomic E-state index is 3.65. The molecule has 0 radical (unpaired) electrons. The monoisotopic (exact) mass is 232 g/mol. The predicted octanol–water partition coefficient (Wildman–Crippen LogP) is 2.97. The molecule has 0 amide bonds. The number of aryl methyl sites for hydroxylation is 2. The van der Waals surface area contributed by atoms with Gasteiger partial charge in [-0.1, -0.05) is 26.0 Å². The molecular weight excluding hydrogens is 208 g/mol. The Morgan fingerprint density at radius 1 is 1.41 bits per heavy atom. The molecule has 2 heteroatoms. The van der Waals surface area contributed by atoms with Gasteiger partial charge >= 0.3 is 0 Å². The molecular formula is C15H24N2. The lowest BCUT2D eigenvalue weighted by atomic mass is 9.97. The minimum absolute atomic E-state index is 0.586. The Labute approximate surface area is 105 Å². The van der Waals surface area contributed by atoms with Crippen LogP contribution >= 0.6 is 0 Å². The first-order valence-corrected chi connectivity index (χ1v) is 6.72. The van der Waals surface area contributed by atoms with Gasteiger partial charge in [-0.2, -0.15) is 0 Å². The Morgan fingerprint density at radius 3 is 3.00 bits per heavy atom. The first kappa shape index (κ1) is 12.4. The maximum Gasteiger partial charge on any atom is 0.0389 e. The third kappa shape index (κ3) is 3.47. The van der Waals surface area contributed by atoms with Gasteiger partial charge in [0.1, 0.15) is 0 Å². The van der Waals surface area contributed by atoms with Crippen molar-refractivity contribution in [2.75, 3.05) is 18.4 Å². The summed E-state index contributed by atoms with van der Waals surface area (Å²) in [6.07, 6.45) is 2.44. The second kappa shape index (κ2) is 5.54. The van der Waals surface area contributed by atoms with Crippen LogP contribution in [0.5, 0.6) is 0 Å². The second-order valence-corrected chi connectivity index (χ2v) is 5.59. The van der Waals surface area contributed by atoms with E-state index in [1.165, 1.54) is 29.7 Å². The summed E-state index contributed by atoms with van der Waals surface area (Å²) in [6, 6.07) is 7.32. The quantitative estimate of drug-likeness (QED) is 0.834. The zero-order valence-electron chi connectivity index (χ0n) is 11.2. The predicted molar refractivity (Wildman–Crippen MR) is 74.6 cm³/mol. The molecule has 94 valence electrons. The van der Waals surface area contributed by atoms with Crippen molar-refractivity contribution in [1.29, 1.82) is 0 Å². The average Bonchev–Trinajstić information content (AvgIpc) is 2.28. The summed E-state index contributed by atoms with van der Waals surface area (Å²) in [6.45, 7) is 8.84. The van der Waals surface area contributed by atoms with Crippen molar-refractivity contribution in [3.05, 3.63) is 29.3 Å². The van der Waals surface area contributed by atoms with Gasteiger partial charge in [-0.15, -0.1) is 0 Å². The highest BCUT2D eigenvalue weighted by molar-refractivity contribution is 5.55. The molecule has 2 nitrogen and oxygen atoms in total. The molecule has 0 fully saturated rings. The molecule has 1 aliphatic rings. The highest BCUT2D eigenvalue weighted by atomic mass is 15.0. The van der Waals surface area contributed by atoms with Crippen LogP contribution < -0.4 is 10.6 Å². The lowest BCUT2D eigenvalue weighted by Crippen LogP contribution is -2.37. The zero-order valence-corrected chi connectivity index (χ0v) is 11.2. The third-order valence-electron chi connectivity index (χ3n) is 3.33. The van der Waals surface area contributed by atoms with Crippen molar-refractivity contribution in [1.82, 2.24) is 5.32 Å². The van der Waals surface area contributed by atoms with Gasteiger partial charge in [-0.05, 0) is 49.4 Å². The molecule has 0 spiro atoms. The van der Waals surface area contributed by atoms with Crippen LogP contribution in [0.4, 0.5) is 5.69 Å². The van der Waals surface area contributed by atoms with Crippen molar-refractivity contribution in [2.24, 2.45) is 5.92 Å². The van der Waals surface area contributed by atoms with Gasteiger partial charge in [0.15, 0.2) is 0 Å². The van der Waals surface area contributed by atoms with E-state index in [9.17, 15) is 0 Å². The molecule has 1 heterocycles. The van der Waals surface area contributed by atoms with E-state index in [1.54, 1.807) is 0 Å². The number of fused-ring (bicyclic) bond motifs is 1. The van der Waals surface area contributed by atoms with Crippen LogP contribution in [0.1, 0.15) is 31.4 Å². The first-order chi connectivity index (χ1) is 8.15. The van der Waals surface area contributed by atoms with E-state index in [1.807, 2.05) is 0 Å². The van der Waals surface area contributed by atoms with Gasteiger partial charge in [0.05, 0.1) is 0 Å². The third-order valence-corrected chi connectivity index (χ3v) is 3.33. The minimum Gasteiger partial charge on any atom is -0.381 e. The van der Waals surface area contributed by atoms with E-state index in [0.29, 0.717) is 6.04 Å². The van der Waals surface area contributed by atoms with E-state index in [4.69, 9.17) is 0 Å². The molecule has 1 atom stereocenters. The van der Waals surface area contributed by atoms with Gasteiger partial charge < -0.3 is 10.6 Å². The van der Waals surface area contributed by atoms with Gasteiger partial charge in [-0.25, -0.2) is 0 Å². The van der Waals surface area contributed by atoms with Crippen LogP contribution in [-0.2, 0) is 6.42 Å². The van der Waals surface area contributed by atoms with E-state index < -0.39 is 0 Å². The largest absolute Gasteiger partial charge is 0.381 e. The van der Waals surface area contributed by atoms with E-state index in [0.717, 1.165) is 19.0 Å². The van der Waals surface area contributed by atoms with Crippen molar-refractivity contribution >= 4 is 5.69 Å². The summed E-state index contributed by atoms with van der Waals surface area (Å²) in [4.78, 5) is 0. The number of nitrogens with one attached hydrogen (secondary N) is 2. The lowest BCUT2D eigenvalue weighted by Gasteiger charge is -2.28. The normalized spacial score (nSPS) is 18.9. The van der Waals surface area contributed by atoms with Crippen LogP contribution in [0.2, 0.25) is 0 Å². The Bertz CT molecular complexity index is 371. The molecule has 0 aliphatic carbocycles. The fourth-order valence-corrected chi connectivity index (χ4v) is 2.36. The van der Waals surface area contributed by atoms with Crippen LogP contribution in [0.15, 0.2) is 18.2 Å². The van der Waals surface area contributed by atoms with E-state index in [2.05, 4.69) is 49.6 Å². The Kier molecular flexibility index (Phi) is 4.06. The summed E-state index contributed by atoms with van der Waals surface area (Å²) < 4.78 is 0. The van der Waals surface area contributed by atoms with Crippen LogP contribution in [0, 0.1) is 12.8 Å². The summed E-state index contributed by atoms with van der Waals surface area (Å²) in [5, 5.41) is 7.19. The van der Waals surface area contributed by atoms with Gasteiger partial charge in [-0.3, -0.25) is 0 Å².